The lowest BCUT2D eigenvalue weighted by Crippen LogP contribution is -2.31. The monoisotopic (exact) mass is 296 g/mol. The molecule has 0 aliphatic carbocycles. The molecule has 1 heterocycles. The van der Waals surface area contributed by atoms with Gasteiger partial charge in [0.15, 0.2) is 0 Å². The highest BCUT2D eigenvalue weighted by Gasteiger charge is 2.12. The molecule has 2 nitrogen and oxygen atoms in total. The number of likely N-dealkylation sites (N-methyl/N-ethyl adjacent to an activating group) is 1. The van der Waals surface area contributed by atoms with Crippen molar-refractivity contribution in [2.24, 2.45) is 0 Å². The summed E-state index contributed by atoms with van der Waals surface area (Å²) >= 11 is 3.61. The molecule has 0 spiro atoms. The lowest BCUT2D eigenvalue weighted by atomic mass is 10.2. The summed E-state index contributed by atoms with van der Waals surface area (Å²) in [5.74, 6) is 0. The van der Waals surface area contributed by atoms with Crippen LogP contribution in [-0.4, -0.2) is 43.0 Å². The number of hydrogen-bond donors (Lipinski definition) is 0. The van der Waals surface area contributed by atoms with Crippen LogP contribution in [0.2, 0.25) is 0 Å². The molecule has 0 bridgehead atoms. The number of nitrogens with zero attached hydrogens (tertiary/aromatic N) is 2. The second-order valence-electron chi connectivity index (χ2n) is 4.88. The molecule has 1 aliphatic heterocycles. The van der Waals surface area contributed by atoms with Gasteiger partial charge in [0, 0.05) is 24.1 Å². The minimum atomic E-state index is 1.02. The van der Waals surface area contributed by atoms with Crippen molar-refractivity contribution in [3.05, 3.63) is 34.3 Å². The van der Waals surface area contributed by atoms with E-state index in [2.05, 4.69) is 57.0 Å². The van der Waals surface area contributed by atoms with E-state index in [1.165, 1.54) is 42.5 Å². The third-order valence-electron chi connectivity index (χ3n) is 3.39. The second-order valence-corrected chi connectivity index (χ2v) is 5.73. The van der Waals surface area contributed by atoms with Crippen LogP contribution in [0.25, 0.3) is 0 Å². The van der Waals surface area contributed by atoms with Gasteiger partial charge < -0.3 is 9.80 Å². The maximum Gasteiger partial charge on any atom is 0.0242 e. The van der Waals surface area contributed by atoms with Crippen molar-refractivity contribution in [2.45, 2.75) is 19.4 Å². The van der Waals surface area contributed by atoms with E-state index in [-0.39, 0.29) is 0 Å². The summed E-state index contributed by atoms with van der Waals surface area (Å²) in [5, 5.41) is 0. The van der Waals surface area contributed by atoms with Gasteiger partial charge in [0.25, 0.3) is 0 Å². The Morgan fingerprint density at radius 3 is 2.65 bits per heavy atom. The van der Waals surface area contributed by atoms with E-state index in [1.807, 2.05) is 0 Å². The molecule has 0 atom stereocenters. The molecule has 1 aliphatic rings. The van der Waals surface area contributed by atoms with Gasteiger partial charge in [-0.15, -0.1) is 0 Å². The Kier molecular flexibility index (Phi) is 5.01. The van der Waals surface area contributed by atoms with E-state index in [0.717, 1.165) is 13.1 Å². The Morgan fingerprint density at radius 1 is 1.24 bits per heavy atom. The molecule has 2 rings (SSSR count). The van der Waals surface area contributed by atoms with Crippen LogP contribution in [0.5, 0.6) is 0 Å². The summed E-state index contributed by atoms with van der Waals surface area (Å²) in [6.45, 7) is 5.98. The maximum atomic E-state index is 3.61. The normalized spacial score (nSPS) is 16.9. The van der Waals surface area contributed by atoms with Crippen molar-refractivity contribution in [2.75, 3.05) is 33.2 Å². The number of hydrogen-bond acceptors (Lipinski definition) is 2. The van der Waals surface area contributed by atoms with Crippen LogP contribution in [0, 0.1) is 0 Å². The first-order chi connectivity index (χ1) is 8.25. The van der Waals surface area contributed by atoms with Crippen LogP contribution < -0.4 is 0 Å². The standard InChI is InChI=1S/C14H21BrN2/c1-16(10-11-17-8-4-5-9-17)12-13-6-2-3-7-14(13)15/h2-3,6-7H,4-5,8-12H2,1H3. The lowest BCUT2D eigenvalue weighted by Gasteiger charge is -2.21. The summed E-state index contributed by atoms with van der Waals surface area (Å²) in [6.07, 6.45) is 2.77. The molecule has 0 amide bonds. The first-order valence-electron chi connectivity index (χ1n) is 6.40. The summed E-state index contributed by atoms with van der Waals surface area (Å²) in [7, 11) is 2.20. The number of rotatable bonds is 5. The van der Waals surface area contributed by atoms with Gasteiger partial charge in [-0.3, -0.25) is 0 Å². The molecule has 1 aromatic carbocycles. The molecule has 94 valence electrons. The number of benzene rings is 1. The molecule has 1 saturated heterocycles. The Bertz CT molecular complexity index is 348. The zero-order chi connectivity index (χ0) is 12.1. The van der Waals surface area contributed by atoms with Crippen LogP contribution in [0.4, 0.5) is 0 Å². The molecule has 17 heavy (non-hydrogen) atoms. The van der Waals surface area contributed by atoms with Crippen LogP contribution in [0.3, 0.4) is 0 Å². The van der Waals surface area contributed by atoms with Gasteiger partial charge in [0.05, 0.1) is 0 Å². The van der Waals surface area contributed by atoms with Crippen molar-refractivity contribution >= 4 is 15.9 Å². The zero-order valence-corrected chi connectivity index (χ0v) is 12.1. The van der Waals surface area contributed by atoms with Gasteiger partial charge >= 0.3 is 0 Å². The molecule has 1 aromatic rings. The highest BCUT2D eigenvalue weighted by atomic mass is 79.9. The molecule has 0 aromatic heterocycles. The summed E-state index contributed by atoms with van der Waals surface area (Å²) in [4.78, 5) is 4.97. The van der Waals surface area contributed by atoms with Crippen molar-refractivity contribution in [1.29, 1.82) is 0 Å². The average molecular weight is 297 g/mol. The van der Waals surface area contributed by atoms with Gasteiger partial charge in [-0.1, -0.05) is 34.1 Å². The zero-order valence-electron chi connectivity index (χ0n) is 10.5. The van der Waals surface area contributed by atoms with Gasteiger partial charge in [-0.05, 0) is 44.6 Å². The minimum Gasteiger partial charge on any atom is -0.302 e. The molecule has 0 saturated carbocycles. The third-order valence-corrected chi connectivity index (χ3v) is 4.17. The number of likely N-dealkylation sites (tertiary alicyclic amines) is 1. The van der Waals surface area contributed by atoms with E-state index >= 15 is 0 Å². The predicted octanol–water partition coefficient (Wildman–Crippen LogP) is 2.98. The third kappa shape index (κ3) is 4.09. The smallest absolute Gasteiger partial charge is 0.0242 e. The fraction of sp³-hybridized carbons (Fsp3) is 0.571. The topological polar surface area (TPSA) is 6.48 Å². The van der Waals surface area contributed by atoms with E-state index in [9.17, 15) is 0 Å². The van der Waals surface area contributed by atoms with Gasteiger partial charge in [0.1, 0.15) is 0 Å². The molecule has 3 heteroatoms. The van der Waals surface area contributed by atoms with E-state index in [4.69, 9.17) is 0 Å². The Morgan fingerprint density at radius 2 is 1.94 bits per heavy atom. The lowest BCUT2D eigenvalue weighted by molar-refractivity contribution is 0.252. The van der Waals surface area contributed by atoms with Crippen LogP contribution in [-0.2, 0) is 6.54 Å². The number of halogens is 1. The fourth-order valence-electron chi connectivity index (χ4n) is 2.31. The SMILES string of the molecule is CN(CCN1CCCC1)Cc1ccccc1Br. The van der Waals surface area contributed by atoms with Crippen LogP contribution >= 0.6 is 15.9 Å². The molecule has 0 radical (unpaired) electrons. The summed E-state index contributed by atoms with van der Waals surface area (Å²) in [5.41, 5.74) is 1.37. The first kappa shape index (κ1) is 13.1. The second kappa shape index (κ2) is 6.53. The summed E-state index contributed by atoms with van der Waals surface area (Å²) < 4.78 is 1.22. The highest BCUT2D eigenvalue weighted by molar-refractivity contribution is 9.10. The Hall–Kier alpha value is -0.380. The first-order valence-corrected chi connectivity index (χ1v) is 7.19. The Labute approximate surface area is 113 Å². The van der Waals surface area contributed by atoms with E-state index in [1.54, 1.807) is 0 Å². The minimum absolute atomic E-state index is 1.02. The Balaban J connectivity index is 1.76. The van der Waals surface area contributed by atoms with Crippen LogP contribution in [0.1, 0.15) is 18.4 Å². The van der Waals surface area contributed by atoms with Crippen molar-refractivity contribution in [1.82, 2.24) is 9.80 Å². The maximum absolute atomic E-state index is 3.61. The molecule has 0 unspecified atom stereocenters. The van der Waals surface area contributed by atoms with Crippen molar-refractivity contribution < 1.29 is 0 Å². The van der Waals surface area contributed by atoms with Crippen molar-refractivity contribution in [3.63, 3.8) is 0 Å². The highest BCUT2D eigenvalue weighted by Crippen LogP contribution is 2.17. The fourth-order valence-corrected chi connectivity index (χ4v) is 2.73. The van der Waals surface area contributed by atoms with E-state index < -0.39 is 0 Å². The predicted molar refractivity (Wildman–Crippen MR) is 76.2 cm³/mol. The molecular formula is C14H21BrN2. The van der Waals surface area contributed by atoms with Gasteiger partial charge in [0.2, 0.25) is 0 Å². The molecular weight excluding hydrogens is 276 g/mol. The molecule has 1 fully saturated rings. The van der Waals surface area contributed by atoms with Crippen LogP contribution in [0.15, 0.2) is 28.7 Å². The van der Waals surface area contributed by atoms with Gasteiger partial charge in [-0.2, -0.15) is 0 Å². The van der Waals surface area contributed by atoms with Crippen molar-refractivity contribution in [3.8, 4) is 0 Å². The van der Waals surface area contributed by atoms with Gasteiger partial charge in [-0.25, -0.2) is 0 Å². The summed E-state index contributed by atoms with van der Waals surface area (Å²) in [6, 6.07) is 8.48. The quantitative estimate of drug-likeness (QED) is 0.824. The van der Waals surface area contributed by atoms with E-state index in [0.29, 0.717) is 0 Å². The average Bonchev–Trinajstić information content (AvgIpc) is 2.82. The molecule has 0 N–H and O–H groups in total. The largest absolute Gasteiger partial charge is 0.302 e.